The number of hydrogen-bond acceptors (Lipinski definition) is 4. The molecule has 0 fully saturated rings. The Balaban J connectivity index is 2.04. The van der Waals surface area contributed by atoms with E-state index >= 15 is 0 Å². The van der Waals surface area contributed by atoms with Gasteiger partial charge in [-0.2, -0.15) is 0 Å². The van der Waals surface area contributed by atoms with E-state index in [-0.39, 0.29) is 17.3 Å². The van der Waals surface area contributed by atoms with Gasteiger partial charge in [-0.15, -0.1) is 0 Å². The molecule has 0 radical (unpaired) electrons. The van der Waals surface area contributed by atoms with Crippen LogP contribution < -0.4 is 9.62 Å². The highest BCUT2D eigenvalue weighted by Crippen LogP contribution is 2.31. The molecule has 0 bridgehead atoms. The smallest absolute Gasteiger partial charge is 0.264 e. The molecule has 3 rings (SSSR count). The molecule has 39 heavy (non-hydrogen) atoms. The number of hydrogen-bond donors (Lipinski definition) is 1. The molecule has 0 unspecified atom stereocenters. The van der Waals surface area contributed by atoms with Gasteiger partial charge in [0.25, 0.3) is 10.0 Å². The van der Waals surface area contributed by atoms with Gasteiger partial charge in [-0.05, 0) is 68.1 Å². The summed E-state index contributed by atoms with van der Waals surface area (Å²) in [6.45, 7) is 7.50. The van der Waals surface area contributed by atoms with E-state index in [1.807, 2.05) is 38.1 Å². The predicted molar refractivity (Wildman–Crippen MR) is 156 cm³/mol. The van der Waals surface area contributed by atoms with Crippen LogP contribution in [0.2, 0.25) is 5.02 Å². The number of carbonyl (C=O) groups is 2. The van der Waals surface area contributed by atoms with Gasteiger partial charge >= 0.3 is 0 Å². The van der Waals surface area contributed by atoms with E-state index in [4.69, 9.17) is 11.6 Å². The Morgan fingerprint density at radius 3 is 2.28 bits per heavy atom. The largest absolute Gasteiger partial charge is 0.354 e. The molecule has 208 valence electrons. The number of anilines is 1. The second-order valence-corrected chi connectivity index (χ2v) is 11.7. The topological polar surface area (TPSA) is 86.8 Å². The molecule has 9 heteroatoms. The van der Waals surface area contributed by atoms with Gasteiger partial charge in [0, 0.05) is 18.1 Å². The molecule has 0 spiro atoms. The van der Waals surface area contributed by atoms with Crippen molar-refractivity contribution in [1.82, 2.24) is 10.2 Å². The molecule has 2 amide bonds. The molecule has 0 saturated carbocycles. The van der Waals surface area contributed by atoms with E-state index in [1.54, 1.807) is 50.2 Å². The second-order valence-electron chi connectivity index (χ2n) is 9.48. The first-order valence-corrected chi connectivity index (χ1v) is 14.8. The molecule has 0 aliphatic carbocycles. The summed E-state index contributed by atoms with van der Waals surface area (Å²) in [5, 5.41) is 3.28. The van der Waals surface area contributed by atoms with Gasteiger partial charge in [0.1, 0.15) is 12.6 Å². The molecule has 0 aromatic heterocycles. The van der Waals surface area contributed by atoms with Crippen LogP contribution in [-0.4, -0.2) is 44.3 Å². The molecule has 0 saturated heterocycles. The van der Waals surface area contributed by atoms with Crippen LogP contribution in [0.25, 0.3) is 0 Å². The number of rotatable bonds is 12. The maximum atomic E-state index is 14.0. The fourth-order valence-electron chi connectivity index (χ4n) is 4.19. The van der Waals surface area contributed by atoms with Crippen molar-refractivity contribution in [3.8, 4) is 0 Å². The summed E-state index contributed by atoms with van der Waals surface area (Å²) < 4.78 is 28.8. The van der Waals surface area contributed by atoms with Crippen LogP contribution in [-0.2, 0) is 26.2 Å². The van der Waals surface area contributed by atoms with E-state index in [0.29, 0.717) is 22.8 Å². The number of nitrogens with one attached hydrogen (secondary N) is 1. The van der Waals surface area contributed by atoms with Crippen molar-refractivity contribution in [3.63, 3.8) is 0 Å². The van der Waals surface area contributed by atoms with Crippen molar-refractivity contribution in [3.05, 3.63) is 94.5 Å². The van der Waals surface area contributed by atoms with Gasteiger partial charge in [0.2, 0.25) is 11.8 Å². The average molecular weight is 570 g/mol. The Kier molecular flexibility index (Phi) is 10.5. The van der Waals surface area contributed by atoms with E-state index in [1.165, 1.54) is 17.0 Å². The van der Waals surface area contributed by atoms with Gasteiger partial charge in [-0.25, -0.2) is 8.42 Å². The minimum absolute atomic E-state index is 0.0491. The average Bonchev–Trinajstić information content (AvgIpc) is 2.93. The summed E-state index contributed by atoms with van der Waals surface area (Å²) in [5.74, 6) is -0.794. The Morgan fingerprint density at radius 1 is 0.949 bits per heavy atom. The van der Waals surface area contributed by atoms with Crippen LogP contribution in [0, 0.1) is 13.8 Å². The van der Waals surface area contributed by atoms with Crippen molar-refractivity contribution < 1.29 is 18.0 Å². The third-order valence-electron chi connectivity index (χ3n) is 6.72. The van der Waals surface area contributed by atoms with Crippen molar-refractivity contribution in [1.29, 1.82) is 0 Å². The van der Waals surface area contributed by atoms with Gasteiger partial charge in [0.05, 0.1) is 10.6 Å². The fourth-order valence-corrected chi connectivity index (χ4v) is 5.85. The first-order chi connectivity index (χ1) is 18.6. The number of unbranched alkanes of at least 4 members (excludes halogenated alkanes) is 1. The van der Waals surface area contributed by atoms with Crippen LogP contribution in [0.4, 0.5) is 5.69 Å². The summed E-state index contributed by atoms with van der Waals surface area (Å²) in [5.41, 5.74) is 2.67. The monoisotopic (exact) mass is 569 g/mol. The SMILES string of the molecule is CCCCNC(=O)[C@@H](C)N(Cc1ccccc1C)C(=O)CN(c1cccc(Cl)c1C)S(=O)(=O)c1ccccc1. The number of benzene rings is 3. The molecule has 7 nitrogen and oxygen atoms in total. The molecule has 0 heterocycles. The Bertz CT molecular complexity index is 1400. The molecule has 0 aliphatic heterocycles. The van der Waals surface area contributed by atoms with Gasteiger partial charge < -0.3 is 10.2 Å². The highest BCUT2D eigenvalue weighted by atomic mass is 35.5. The molecule has 1 atom stereocenters. The summed E-state index contributed by atoms with van der Waals surface area (Å²) in [6.07, 6.45) is 1.74. The number of carbonyl (C=O) groups excluding carboxylic acids is 2. The zero-order valence-electron chi connectivity index (χ0n) is 22.9. The molecule has 3 aromatic rings. The summed E-state index contributed by atoms with van der Waals surface area (Å²) >= 11 is 6.36. The van der Waals surface area contributed by atoms with E-state index in [0.717, 1.165) is 28.3 Å². The first kappa shape index (κ1) is 30.2. The number of amides is 2. The Morgan fingerprint density at radius 2 is 1.62 bits per heavy atom. The number of aryl methyl sites for hydroxylation is 1. The maximum absolute atomic E-state index is 14.0. The highest BCUT2D eigenvalue weighted by molar-refractivity contribution is 7.92. The fraction of sp³-hybridized carbons (Fsp3) is 0.333. The number of sulfonamides is 1. The normalized spacial score (nSPS) is 12.0. The zero-order chi connectivity index (χ0) is 28.6. The van der Waals surface area contributed by atoms with Gasteiger partial charge in [-0.3, -0.25) is 13.9 Å². The lowest BCUT2D eigenvalue weighted by Gasteiger charge is -2.32. The predicted octanol–water partition coefficient (Wildman–Crippen LogP) is 5.49. The van der Waals surface area contributed by atoms with E-state index in [9.17, 15) is 18.0 Å². The number of halogens is 1. The lowest BCUT2D eigenvalue weighted by molar-refractivity contribution is -0.139. The lowest BCUT2D eigenvalue weighted by atomic mass is 10.1. The molecular weight excluding hydrogens is 534 g/mol. The molecular formula is C30H36ClN3O4S. The van der Waals surface area contributed by atoms with Gasteiger partial charge in [-0.1, -0.05) is 73.5 Å². The van der Waals surface area contributed by atoms with Crippen LogP contribution in [0.3, 0.4) is 0 Å². The van der Waals surface area contributed by atoms with Crippen molar-refractivity contribution in [2.24, 2.45) is 0 Å². The van der Waals surface area contributed by atoms with Crippen LogP contribution in [0.5, 0.6) is 0 Å². The quantitative estimate of drug-likeness (QED) is 0.292. The molecule has 3 aromatic carbocycles. The molecule has 0 aliphatic rings. The third kappa shape index (κ3) is 7.40. The van der Waals surface area contributed by atoms with Crippen LogP contribution in [0.15, 0.2) is 77.7 Å². The minimum atomic E-state index is -4.14. The molecule has 1 N–H and O–H groups in total. The van der Waals surface area contributed by atoms with Crippen LogP contribution >= 0.6 is 11.6 Å². The maximum Gasteiger partial charge on any atom is 0.264 e. The first-order valence-electron chi connectivity index (χ1n) is 13.0. The van der Waals surface area contributed by atoms with E-state index < -0.39 is 28.5 Å². The van der Waals surface area contributed by atoms with Gasteiger partial charge in [0.15, 0.2) is 0 Å². The van der Waals surface area contributed by atoms with Crippen molar-refractivity contribution >= 4 is 39.1 Å². The highest BCUT2D eigenvalue weighted by Gasteiger charge is 2.33. The summed E-state index contributed by atoms with van der Waals surface area (Å²) in [6, 6.07) is 19.7. The Hall–Kier alpha value is -3.36. The minimum Gasteiger partial charge on any atom is -0.354 e. The van der Waals surface area contributed by atoms with Crippen LogP contribution in [0.1, 0.15) is 43.4 Å². The van der Waals surface area contributed by atoms with Crippen molar-refractivity contribution in [2.75, 3.05) is 17.4 Å². The van der Waals surface area contributed by atoms with E-state index in [2.05, 4.69) is 5.32 Å². The standard InChI is InChI=1S/C30H36ClN3O4S/c1-5-6-19-32-30(36)24(4)33(20-25-14-11-10-13-22(25)2)29(35)21-34(28-18-12-17-27(31)23(28)3)39(37,38)26-15-8-7-9-16-26/h7-18,24H,5-6,19-21H2,1-4H3,(H,32,36)/t24-/m1/s1. The Labute approximate surface area is 236 Å². The third-order valence-corrected chi connectivity index (χ3v) is 8.90. The summed E-state index contributed by atoms with van der Waals surface area (Å²) in [4.78, 5) is 28.5. The van der Waals surface area contributed by atoms with Crippen molar-refractivity contribution in [2.45, 2.75) is 58.0 Å². The summed E-state index contributed by atoms with van der Waals surface area (Å²) in [7, 11) is -4.14. The zero-order valence-corrected chi connectivity index (χ0v) is 24.4. The lowest BCUT2D eigenvalue weighted by Crippen LogP contribution is -2.51. The number of nitrogens with zero attached hydrogens (tertiary/aromatic N) is 2. The second kappa shape index (κ2) is 13.6.